The second-order valence-corrected chi connectivity index (χ2v) is 9.96. The fraction of sp³-hybridized carbons (Fsp3) is 0.312. The van der Waals surface area contributed by atoms with Crippen LogP contribution in [0, 0.1) is 6.92 Å². The van der Waals surface area contributed by atoms with E-state index in [4.69, 9.17) is 9.47 Å². The number of ether oxygens (including phenoxy) is 2. The number of Topliss-reactive ketones (excluding diaryl/α,β-unsaturated/α-hetero) is 1. The van der Waals surface area contributed by atoms with Gasteiger partial charge in [-0.25, -0.2) is 0 Å². The van der Waals surface area contributed by atoms with Crippen LogP contribution in [0.15, 0.2) is 78.4 Å². The lowest BCUT2D eigenvalue weighted by Crippen LogP contribution is -2.35. The lowest BCUT2D eigenvalue weighted by Gasteiger charge is -2.27. The predicted molar refractivity (Wildman–Crippen MR) is 152 cm³/mol. The number of hydrogen-bond acceptors (Lipinski definition) is 6. The van der Waals surface area contributed by atoms with Crippen LogP contribution in [0.2, 0.25) is 0 Å². The normalized spacial score (nSPS) is 16.6. The Morgan fingerprint density at radius 2 is 1.64 bits per heavy atom. The lowest BCUT2D eigenvalue weighted by molar-refractivity contribution is -0.140. The predicted octanol–water partition coefficient (Wildman–Crippen LogP) is 5.35. The largest absolute Gasteiger partial charge is 0.507 e. The molecule has 0 saturated carbocycles. The summed E-state index contributed by atoms with van der Waals surface area (Å²) in [4.78, 5) is 30.0. The number of ketones is 1. The van der Waals surface area contributed by atoms with Gasteiger partial charge in [-0.2, -0.15) is 0 Å². The topological polar surface area (TPSA) is 79.3 Å². The molecule has 1 heterocycles. The minimum absolute atomic E-state index is 0.0852. The number of carbonyl (C=O) groups excluding carboxylic acids is 2. The molecule has 1 aliphatic heterocycles. The van der Waals surface area contributed by atoms with E-state index in [0.717, 1.165) is 23.1 Å². The van der Waals surface area contributed by atoms with Gasteiger partial charge in [0.1, 0.15) is 23.9 Å². The third kappa shape index (κ3) is 6.49. The average molecular weight is 529 g/mol. The number of likely N-dealkylation sites (tertiary alicyclic amines) is 1. The molecule has 0 aromatic heterocycles. The zero-order valence-corrected chi connectivity index (χ0v) is 23.0. The highest BCUT2D eigenvalue weighted by molar-refractivity contribution is 6.46. The second kappa shape index (κ2) is 12.6. The molecule has 1 fully saturated rings. The first-order valence-electron chi connectivity index (χ1n) is 13.2. The van der Waals surface area contributed by atoms with Crippen LogP contribution in [0.4, 0.5) is 0 Å². The summed E-state index contributed by atoms with van der Waals surface area (Å²) in [5, 5.41) is 11.5. The van der Waals surface area contributed by atoms with Gasteiger partial charge in [0, 0.05) is 18.7 Å². The minimum atomic E-state index is -0.719. The van der Waals surface area contributed by atoms with Crippen LogP contribution in [0.3, 0.4) is 0 Å². The molecule has 1 atom stereocenters. The maximum atomic E-state index is 13.3. The molecule has 4 rings (SSSR count). The summed E-state index contributed by atoms with van der Waals surface area (Å²) in [5.74, 6) is -0.124. The average Bonchev–Trinajstić information content (AvgIpc) is 3.19. The molecule has 3 aromatic carbocycles. The maximum Gasteiger partial charge on any atom is 0.295 e. The number of rotatable bonds is 11. The molecule has 7 nitrogen and oxygen atoms in total. The zero-order valence-electron chi connectivity index (χ0n) is 23.0. The smallest absolute Gasteiger partial charge is 0.295 e. The Labute approximate surface area is 230 Å². The van der Waals surface area contributed by atoms with E-state index in [9.17, 15) is 14.7 Å². The Bertz CT molecular complexity index is 1330. The van der Waals surface area contributed by atoms with Crippen molar-refractivity contribution in [2.45, 2.75) is 32.9 Å². The Balaban J connectivity index is 1.69. The van der Waals surface area contributed by atoms with Crippen LogP contribution in [0.5, 0.6) is 11.5 Å². The van der Waals surface area contributed by atoms with Gasteiger partial charge < -0.3 is 24.4 Å². The molecule has 1 aliphatic rings. The van der Waals surface area contributed by atoms with Crippen molar-refractivity contribution in [3.05, 3.63) is 101 Å². The summed E-state index contributed by atoms with van der Waals surface area (Å²) in [6.07, 6.45) is 0.882. The number of benzene rings is 3. The highest BCUT2D eigenvalue weighted by Crippen LogP contribution is 2.40. The summed E-state index contributed by atoms with van der Waals surface area (Å²) in [5.41, 5.74) is 3.12. The van der Waals surface area contributed by atoms with Gasteiger partial charge in [0.25, 0.3) is 11.7 Å². The summed E-state index contributed by atoms with van der Waals surface area (Å²) in [6, 6.07) is 21.9. The fourth-order valence-electron chi connectivity index (χ4n) is 4.61. The Morgan fingerprint density at radius 3 is 2.28 bits per heavy atom. The molecule has 0 spiro atoms. The number of likely N-dealkylation sites (N-methyl/N-ethyl adjacent to an activating group) is 1. The van der Waals surface area contributed by atoms with Crippen LogP contribution in [-0.4, -0.2) is 60.4 Å². The number of amides is 1. The van der Waals surface area contributed by atoms with Crippen molar-refractivity contribution in [2.24, 2.45) is 0 Å². The van der Waals surface area contributed by atoms with Gasteiger partial charge in [-0.15, -0.1) is 0 Å². The molecule has 0 aliphatic carbocycles. The van der Waals surface area contributed by atoms with E-state index in [1.165, 1.54) is 0 Å². The molecule has 1 unspecified atom stereocenters. The minimum Gasteiger partial charge on any atom is -0.507 e. The number of aryl methyl sites for hydroxylation is 1. The molecule has 1 N–H and O–H groups in total. The van der Waals surface area contributed by atoms with E-state index in [0.29, 0.717) is 43.4 Å². The second-order valence-electron chi connectivity index (χ2n) is 9.96. The van der Waals surface area contributed by atoms with Gasteiger partial charge in [0.15, 0.2) is 0 Å². The summed E-state index contributed by atoms with van der Waals surface area (Å²) in [7, 11) is 3.83. The molecule has 7 heteroatoms. The molecular formula is C32H36N2O5. The van der Waals surface area contributed by atoms with Gasteiger partial charge in [-0.3, -0.25) is 9.59 Å². The Hall–Kier alpha value is -4.10. The van der Waals surface area contributed by atoms with Crippen LogP contribution >= 0.6 is 0 Å². The van der Waals surface area contributed by atoms with E-state index < -0.39 is 17.7 Å². The number of aliphatic hydroxyl groups is 1. The van der Waals surface area contributed by atoms with Crippen molar-refractivity contribution < 1.29 is 24.2 Å². The number of carbonyl (C=O) groups is 2. The third-order valence-corrected chi connectivity index (χ3v) is 6.70. The summed E-state index contributed by atoms with van der Waals surface area (Å²) >= 11 is 0. The lowest BCUT2D eigenvalue weighted by atomic mass is 9.94. The van der Waals surface area contributed by atoms with Gasteiger partial charge in [0.2, 0.25) is 0 Å². The molecule has 0 bridgehead atoms. The van der Waals surface area contributed by atoms with E-state index in [1.807, 2.05) is 93.5 Å². The highest BCUT2D eigenvalue weighted by atomic mass is 16.5. The molecular weight excluding hydrogens is 492 g/mol. The molecule has 0 radical (unpaired) electrons. The zero-order chi connectivity index (χ0) is 27.9. The van der Waals surface area contributed by atoms with E-state index in [2.05, 4.69) is 0 Å². The van der Waals surface area contributed by atoms with Gasteiger partial charge in [-0.1, -0.05) is 49.4 Å². The summed E-state index contributed by atoms with van der Waals surface area (Å²) in [6.45, 7) is 5.82. The molecule has 1 saturated heterocycles. The first-order chi connectivity index (χ1) is 18.8. The first-order valence-corrected chi connectivity index (χ1v) is 13.2. The van der Waals surface area contributed by atoms with Gasteiger partial charge in [-0.05, 0) is 74.5 Å². The van der Waals surface area contributed by atoms with Crippen LogP contribution in [-0.2, 0) is 16.2 Å². The van der Waals surface area contributed by atoms with Crippen molar-refractivity contribution in [1.29, 1.82) is 0 Å². The van der Waals surface area contributed by atoms with Crippen LogP contribution in [0.25, 0.3) is 5.76 Å². The maximum absolute atomic E-state index is 13.3. The van der Waals surface area contributed by atoms with Crippen molar-refractivity contribution in [3.8, 4) is 11.5 Å². The van der Waals surface area contributed by atoms with Crippen LogP contribution in [0.1, 0.15) is 41.6 Å². The van der Waals surface area contributed by atoms with Crippen molar-refractivity contribution in [3.63, 3.8) is 0 Å². The quantitative estimate of drug-likeness (QED) is 0.205. The SMILES string of the molecule is CCCOc1ccc(/C(O)=C2\C(=O)C(=O)N(CCN(C)C)C2c2ccc(OCc3ccccc3)cc2)c(C)c1. The number of nitrogens with zero attached hydrogens (tertiary/aromatic N) is 2. The highest BCUT2D eigenvalue weighted by Gasteiger charge is 2.46. The van der Waals surface area contributed by atoms with E-state index in [-0.39, 0.29) is 11.3 Å². The molecule has 1 amide bonds. The monoisotopic (exact) mass is 528 g/mol. The van der Waals surface area contributed by atoms with E-state index >= 15 is 0 Å². The molecule has 204 valence electrons. The van der Waals surface area contributed by atoms with Crippen molar-refractivity contribution >= 4 is 17.4 Å². The Kier molecular flexibility index (Phi) is 9.04. The fourth-order valence-corrected chi connectivity index (χ4v) is 4.61. The Morgan fingerprint density at radius 1 is 0.949 bits per heavy atom. The van der Waals surface area contributed by atoms with Gasteiger partial charge >= 0.3 is 0 Å². The van der Waals surface area contributed by atoms with Gasteiger partial charge in [0.05, 0.1) is 18.2 Å². The van der Waals surface area contributed by atoms with Crippen LogP contribution < -0.4 is 9.47 Å². The van der Waals surface area contributed by atoms with Crippen molar-refractivity contribution in [2.75, 3.05) is 33.8 Å². The van der Waals surface area contributed by atoms with Crippen molar-refractivity contribution in [1.82, 2.24) is 9.80 Å². The first kappa shape index (κ1) is 27.9. The summed E-state index contributed by atoms with van der Waals surface area (Å²) < 4.78 is 11.6. The van der Waals surface area contributed by atoms with E-state index in [1.54, 1.807) is 17.0 Å². The number of hydrogen-bond donors (Lipinski definition) is 1. The number of aliphatic hydroxyl groups excluding tert-OH is 1. The molecule has 3 aromatic rings. The third-order valence-electron chi connectivity index (χ3n) is 6.70. The standard InChI is InChI=1S/C32H36N2O5/c1-5-19-38-26-15-16-27(22(2)20-26)30(35)28-29(34(18-17-33(3)4)32(37)31(28)36)24-11-13-25(14-12-24)39-21-23-9-7-6-8-10-23/h6-16,20,29,35H,5,17-19,21H2,1-4H3/b30-28+. The molecule has 39 heavy (non-hydrogen) atoms.